The molecule has 0 radical (unpaired) electrons. The van der Waals surface area contributed by atoms with E-state index in [4.69, 9.17) is 4.52 Å². The fourth-order valence-electron chi connectivity index (χ4n) is 0.876. The SMILES string of the molecule is c1cncc(-c2ccon2)c1. The molecule has 0 aliphatic rings. The molecule has 0 atom stereocenters. The van der Waals surface area contributed by atoms with Crippen molar-refractivity contribution in [2.45, 2.75) is 0 Å². The number of hydrogen-bond donors (Lipinski definition) is 0. The molecule has 0 saturated heterocycles. The van der Waals surface area contributed by atoms with Gasteiger partial charge in [0.25, 0.3) is 0 Å². The molecule has 2 rings (SSSR count). The van der Waals surface area contributed by atoms with Crippen LogP contribution >= 0.6 is 0 Å². The quantitative estimate of drug-likeness (QED) is 0.615. The second-order valence-electron chi connectivity index (χ2n) is 2.13. The van der Waals surface area contributed by atoms with E-state index in [1.54, 1.807) is 24.7 Å². The summed E-state index contributed by atoms with van der Waals surface area (Å²) in [7, 11) is 0. The minimum absolute atomic E-state index is 0.818. The molecule has 0 aliphatic carbocycles. The molecular weight excluding hydrogens is 140 g/mol. The maximum atomic E-state index is 4.69. The van der Waals surface area contributed by atoms with E-state index in [0.717, 1.165) is 11.3 Å². The average molecular weight is 146 g/mol. The van der Waals surface area contributed by atoms with Gasteiger partial charge in [0, 0.05) is 24.0 Å². The van der Waals surface area contributed by atoms with Gasteiger partial charge in [0.05, 0.1) is 0 Å². The van der Waals surface area contributed by atoms with Crippen molar-refractivity contribution in [1.29, 1.82) is 0 Å². The number of aromatic nitrogens is 2. The van der Waals surface area contributed by atoms with Gasteiger partial charge >= 0.3 is 0 Å². The summed E-state index contributed by atoms with van der Waals surface area (Å²) in [4.78, 5) is 3.96. The predicted octanol–water partition coefficient (Wildman–Crippen LogP) is 1.74. The first-order valence-electron chi connectivity index (χ1n) is 3.27. The van der Waals surface area contributed by atoms with Crippen molar-refractivity contribution >= 4 is 0 Å². The first-order valence-corrected chi connectivity index (χ1v) is 3.27. The highest BCUT2D eigenvalue weighted by atomic mass is 16.5. The summed E-state index contributed by atoms with van der Waals surface area (Å²) < 4.78 is 4.69. The van der Waals surface area contributed by atoms with E-state index in [9.17, 15) is 0 Å². The van der Waals surface area contributed by atoms with Crippen molar-refractivity contribution in [2.24, 2.45) is 0 Å². The Balaban J connectivity index is 2.46. The van der Waals surface area contributed by atoms with Gasteiger partial charge in [-0.15, -0.1) is 0 Å². The molecule has 11 heavy (non-hydrogen) atoms. The van der Waals surface area contributed by atoms with Gasteiger partial charge in [-0.1, -0.05) is 5.16 Å². The third-order valence-corrected chi connectivity index (χ3v) is 1.40. The first-order chi connectivity index (χ1) is 5.47. The van der Waals surface area contributed by atoms with Crippen LogP contribution in [0.25, 0.3) is 11.3 Å². The van der Waals surface area contributed by atoms with E-state index >= 15 is 0 Å². The lowest BCUT2D eigenvalue weighted by Gasteiger charge is -1.90. The van der Waals surface area contributed by atoms with E-state index in [1.165, 1.54) is 0 Å². The Labute approximate surface area is 63.7 Å². The van der Waals surface area contributed by atoms with Crippen LogP contribution in [-0.2, 0) is 0 Å². The molecule has 0 amide bonds. The standard InChI is InChI=1S/C8H6N2O/c1-2-7(6-9-4-1)8-3-5-11-10-8/h1-6H. The number of rotatable bonds is 1. The molecule has 0 saturated carbocycles. The maximum absolute atomic E-state index is 4.69. The van der Waals surface area contributed by atoms with Crippen LogP contribution in [0.2, 0.25) is 0 Å². The second-order valence-corrected chi connectivity index (χ2v) is 2.13. The molecule has 2 aromatic heterocycles. The lowest BCUT2D eigenvalue weighted by Crippen LogP contribution is -1.76. The lowest BCUT2D eigenvalue weighted by atomic mass is 10.2. The van der Waals surface area contributed by atoms with E-state index in [-0.39, 0.29) is 0 Å². The van der Waals surface area contributed by atoms with Crippen LogP contribution in [0.3, 0.4) is 0 Å². The minimum atomic E-state index is 0.818. The average Bonchev–Trinajstić information content (AvgIpc) is 2.58. The molecule has 2 heterocycles. The Kier molecular flexibility index (Phi) is 1.41. The van der Waals surface area contributed by atoms with Crippen molar-refractivity contribution in [3.05, 3.63) is 36.9 Å². The number of hydrogen-bond acceptors (Lipinski definition) is 3. The van der Waals surface area contributed by atoms with Gasteiger partial charge in [0.15, 0.2) is 0 Å². The van der Waals surface area contributed by atoms with Crippen LogP contribution in [0.5, 0.6) is 0 Å². The normalized spacial score (nSPS) is 9.82. The monoisotopic (exact) mass is 146 g/mol. The lowest BCUT2D eigenvalue weighted by molar-refractivity contribution is 0.422. The topological polar surface area (TPSA) is 38.9 Å². The van der Waals surface area contributed by atoms with Crippen molar-refractivity contribution < 1.29 is 4.52 Å². The second kappa shape index (κ2) is 2.54. The molecule has 54 valence electrons. The molecule has 3 heteroatoms. The van der Waals surface area contributed by atoms with E-state index in [2.05, 4.69) is 10.1 Å². The van der Waals surface area contributed by atoms with Crippen LogP contribution in [0.4, 0.5) is 0 Å². The van der Waals surface area contributed by atoms with Gasteiger partial charge in [-0.05, 0) is 12.1 Å². The highest BCUT2D eigenvalue weighted by Gasteiger charge is 1.97. The van der Waals surface area contributed by atoms with Crippen LogP contribution in [-0.4, -0.2) is 10.1 Å². The predicted molar refractivity (Wildman–Crippen MR) is 39.7 cm³/mol. The Hall–Kier alpha value is -1.64. The van der Waals surface area contributed by atoms with Crippen molar-refractivity contribution in [2.75, 3.05) is 0 Å². The summed E-state index contributed by atoms with van der Waals surface area (Å²) >= 11 is 0. The number of nitrogens with zero attached hydrogens (tertiary/aromatic N) is 2. The highest BCUT2D eigenvalue weighted by molar-refractivity contribution is 5.55. The third-order valence-electron chi connectivity index (χ3n) is 1.40. The zero-order chi connectivity index (χ0) is 7.52. The van der Waals surface area contributed by atoms with Crippen LogP contribution in [0.1, 0.15) is 0 Å². The summed E-state index contributed by atoms with van der Waals surface area (Å²) in [5.74, 6) is 0. The summed E-state index contributed by atoms with van der Waals surface area (Å²) in [5, 5.41) is 3.77. The molecule has 0 aromatic carbocycles. The van der Waals surface area contributed by atoms with Gasteiger partial charge in [-0.25, -0.2) is 0 Å². The maximum Gasteiger partial charge on any atom is 0.124 e. The van der Waals surface area contributed by atoms with Gasteiger partial charge < -0.3 is 4.52 Å². The first kappa shape index (κ1) is 6.09. The molecule has 0 aliphatic heterocycles. The largest absolute Gasteiger partial charge is 0.364 e. The Morgan fingerprint density at radius 1 is 1.27 bits per heavy atom. The van der Waals surface area contributed by atoms with Crippen LogP contribution in [0.15, 0.2) is 41.4 Å². The van der Waals surface area contributed by atoms with E-state index in [1.807, 2.05) is 12.1 Å². The smallest absolute Gasteiger partial charge is 0.124 e. The van der Waals surface area contributed by atoms with E-state index in [0.29, 0.717) is 0 Å². The zero-order valence-corrected chi connectivity index (χ0v) is 5.77. The Morgan fingerprint density at radius 3 is 2.91 bits per heavy atom. The molecular formula is C8H6N2O. The molecule has 3 nitrogen and oxygen atoms in total. The van der Waals surface area contributed by atoms with Crippen LogP contribution in [0, 0.1) is 0 Å². The number of pyridine rings is 1. The summed E-state index contributed by atoms with van der Waals surface area (Å²) in [6, 6.07) is 5.60. The molecule has 0 bridgehead atoms. The van der Waals surface area contributed by atoms with Gasteiger partial charge in [-0.2, -0.15) is 0 Å². The van der Waals surface area contributed by atoms with Crippen LogP contribution < -0.4 is 0 Å². The fraction of sp³-hybridized carbons (Fsp3) is 0. The summed E-state index contributed by atoms with van der Waals surface area (Å²) in [5.41, 5.74) is 1.79. The van der Waals surface area contributed by atoms with Crippen molar-refractivity contribution in [3.63, 3.8) is 0 Å². The van der Waals surface area contributed by atoms with Crippen molar-refractivity contribution in [3.8, 4) is 11.3 Å². The fourth-order valence-corrected chi connectivity index (χ4v) is 0.876. The molecule has 0 fully saturated rings. The molecule has 0 spiro atoms. The van der Waals surface area contributed by atoms with Gasteiger partial charge in [-0.3, -0.25) is 4.98 Å². The van der Waals surface area contributed by atoms with Gasteiger partial charge in [0.1, 0.15) is 12.0 Å². The minimum Gasteiger partial charge on any atom is -0.364 e. The van der Waals surface area contributed by atoms with Crippen molar-refractivity contribution in [1.82, 2.24) is 10.1 Å². The Morgan fingerprint density at radius 2 is 2.27 bits per heavy atom. The highest BCUT2D eigenvalue weighted by Crippen LogP contribution is 2.13. The van der Waals surface area contributed by atoms with E-state index < -0.39 is 0 Å². The zero-order valence-electron chi connectivity index (χ0n) is 5.77. The molecule has 0 unspecified atom stereocenters. The Bertz CT molecular complexity index is 315. The third kappa shape index (κ3) is 1.12. The summed E-state index contributed by atoms with van der Waals surface area (Å²) in [6.45, 7) is 0. The molecule has 2 aromatic rings. The summed E-state index contributed by atoms with van der Waals surface area (Å²) in [6.07, 6.45) is 5.02. The van der Waals surface area contributed by atoms with Gasteiger partial charge in [0.2, 0.25) is 0 Å². The molecule has 0 N–H and O–H groups in total.